The molecule has 4 heteroatoms. The molecular weight excluding hydrogens is 216 g/mol. The van der Waals surface area contributed by atoms with Crippen molar-refractivity contribution in [2.45, 2.75) is 12.8 Å². The van der Waals surface area contributed by atoms with E-state index in [1.165, 1.54) is 13.1 Å². The lowest BCUT2D eigenvalue weighted by atomic mass is 9.99. The van der Waals surface area contributed by atoms with Gasteiger partial charge in [-0.3, -0.25) is 4.79 Å². The summed E-state index contributed by atoms with van der Waals surface area (Å²) >= 11 is 0. The van der Waals surface area contributed by atoms with Crippen LogP contribution in [0.3, 0.4) is 0 Å². The maximum absolute atomic E-state index is 12.4. The van der Waals surface area contributed by atoms with Gasteiger partial charge in [0.2, 0.25) is 5.91 Å². The molecule has 17 heavy (non-hydrogen) atoms. The zero-order valence-corrected chi connectivity index (χ0v) is 10.6. The average molecular weight is 238 g/mol. The van der Waals surface area contributed by atoms with Crippen molar-refractivity contribution >= 4 is 5.91 Å². The predicted octanol–water partition coefficient (Wildman–Crippen LogP) is 0.433. The Labute approximate surface area is 103 Å². The van der Waals surface area contributed by atoms with Gasteiger partial charge in [-0.25, -0.2) is 0 Å². The Hall–Kier alpha value is -0.610. The summed E-state index contributed by atoms with van der Waals surface area (Å²) in [5.41, 5.74) is 0. The molecule has 2 atom stereocenters. The Bertz CT molecular complexity index is 288. The monoisotopic (exact) mass is 238 g/mol. The molecule has 0 bridgehead atoms. The van der Waals surface area contributed by atoms with Crippen LogP contribution in [-0.2, 0) is 9.53 Å². The SMILES string of the molecule is CN1CC2CN(C(=O)C3CCOCC3)CC2C1. The standard InChI is InChI=1S/C13H22N2O2/c1-14-6-11-8-15(9-12(11)7-14)13(16)10-2-4-17-5-3-10/h10-12H,2-9H2,1H3. The van der Waals surface area contributed by atoms with Crippen molar-refractivity contribution < 1.29 is 9.53 Å². The van der Waals surface area contributed by atoms with Gasteiger partial charge < -0.3 is 14.5 Å². The molecule has 0 aromatic heterocycles. The first kappa shape index (κ1) is 11.5. The van der Waals surface area contributed by atoms with Crippen LogP contribution in [0.1, 0.15) is 12.8 Å². The van der Waals surface area contributed by atoms with E-state index in [2.05, 4.69) is 16.8 Å². The van der Waals surface area contributed by atoms with Gasteiger partial charge >= 0.3 is 0 Å². The molecule has 3 rings (SSSR count). The zero-order valence-electron chi connectivity index (χ0n) is 10.6. The fourth-order valence-electron chi connectivity index (χ4n) is 3.61. The molecule has 3 heterocycles. The van der Waals surface area contributed by atoms with Crippen LogP contribution in [0.25, 0.3) is 0 Å². The highest BCUT2D eigenvalue weighted by molar-refractivity contribution is 5.79. The number of rotatable bonds is 1. The normalized spacial score (nSPS) is 35.2. The van der Waals surface area contributed by atoms with Crippen LogP contribution >= 0.6 is 0 Å². The molecule has 2 unspecified atom stereocenters. The summed E-state index contributed by atoms with van der Waals surface area (Å²) in [5, 5.41) is 0. The number of hydrogen-bond acceptors (Lipinski definition) is 3. The fraction of sp³-hybridized carbons (Fsp3) is 0.923. The summed E-state index contributed by atoms with van der Waals surface area (Å²) < 4.78 is 5.32. The molecule has 4 nitrogen and oxygen atoms in total. The molecule has 0 aromatic rings. The number of hydrogen-bond donors (Lipinski definition) is 0. The smallest absolute Gasteiger partial charge is 0.225 e. The lowest BCUT2D eigenvalue weighted by molar-refractivity contribution is -0.137. The van der Waals surface area contributed by atoms with E-state index in [1.54, 1.807) is 0 Å². The Morgan fingerprint density at radius 2 is 1.65 bits per heavy atom. The van der Waals surface area contributed by atoms with E-state index in [0.29, 0.717) is 5.91 Å². The van der Waals surface area contributed by atoms with Gasteiger partial charge in [0.05, 0.1) is 0 Å². The van der Waals surface area contributed by atoms with Crippen LogP contribution in [0.15, 0.2) is 0 Å². The van der Waals surface area contributed by atoms with E-state index in [4.69, 9.17) is 4.74 Å². The molecule has 3 fully saturated rings. The fourth-order valence-corrected chi connectivity index (χ4v) is 3.61. The predicted molar refractivity (Wildman–Crippen MR) is 64.6 cm³/mol. The first-order valence-electron chi connectivity index (χ1n) is 6.79. The van der Waals surface area contributed by atoms with Crippen molar-refractivity contribution in [3.05, 3.63) is 0 Å². The second-order valence-electron chi connectivity index (χ2n) is 5.87. The average Bonchev–Trinajstić information content (AvgIpc) is 2.86. The lowest BCUT2D eigenvalue weighted by Crippen LogP contribution is -2.38. The van der Waals surface area contributed by atoms with E-state index in [0.717, 1.165) is 51.0 Å². The van der Waals surface area contributed by atoms with Gasteiger partial charge in [-0.15, -0.1) is 0 Å². The molecule has 3 aliphatic rings. The summed E-state index contributed by atoms with van der Waals surface area (Å²) in [5.74, 6) is 2.08. The van der Waals surface area contributed by atoms with Gasteiger partial charge in [-0.2, -0.15) is 0 Å². The second kappa shape index (κ2) is 4.58. The second-order valence-corrected chi connectivity index (χ2v) is 5.87. The minimum Gasteiger partial charge on any atom is -0.381 e. The molecule has 0 radical (unpaired) electrons. The number of likely N-dealkylation sites (tertiary alicyclic amines) is 2. The topological polar surface area (TPSA) is 32.8 Å². The van der Waals surface area contributed by atoms with E-state index >= 15 is 0 Å². The summed E-state index contributed by atoms with van der Waals surface area (Å²) in [4.78, 5) is 16.9. The van der Waals surface area contributed by atoms with Crippen LogP contribution < -0.4 is 0 Å². The number of carbonyl (C=O) groups excluding carboxylic acids is 1. The van der Waals surface area contributed by atoms with Crippen LogP contribution in [0.4, 0.5) is 0 Å². The highest BCUT2D eigenvalue weighted by Crippen LogP contribution is 2.31. The molecule has 0 aromatic carbocycles. The summed E-state index contributed by atoms with van der Waals surface area (Å²) in [6.07, 6.45) is 1.84. The largest absolute Gasteiger partial charge is 0.381 e. The van der Waals surface area contributed by atoms with Crippen molar-refractivity contribution in [3.63, 3.8) is 0 Å². The van der Waals surface area contributed by atoms with Crippen molar-refractivity contribution in [2.75, 3.05) is 46.4 Å². The van der Waals surface area contributed by atoms with Crippen molar-refractivity contribution in [3.8, 4) is 0 Å². The maximum Gasteiger partial charge on any atom is 0.225 e. The number of carbonyl (C=O) groups is 1. The van der Waals surface area contributed by atoms with Gasteiger partial charge in [0.25, 0.3) is 0 Å². The molecule has 3 saturated heterocycles. The van der Waals surface area contributed by atoms with Crippen LogP contribution in [0.5, 0.6) is 0 Å². The third kappa shape index (κ3) is 2.20. The van der Waals surface area contributed by atoms with Gasteiger partial charge in [-0.05, 0) is 31.7 Å². The first-order valence-corrected chi connectivity index (χ1v) is 6.79. The minimum absolute atomic E-state index is 0.236. The van der Waals surface area contributed by atoms with Gasteiger partial charge in [0, 0.05) is 45.3 Å². The summed E-state index contributed by atoms with van der Waals surface area (Å²) in [7, 11) is 2.18. The van der Waals surface area contributed by atoms with E-state index in [1.807, 2.05) is 0 Å². The van der Waals surface area contributed by atoms with Crippen molar-refractivity contribution in [2.24, 2.45) is 17.8 Å². The van der Waals surface area contributed by atoms with E-state index < -0.39 is 0 Å². The highest BCUT2D eigenvalue weighted by atomic mass is 16.5. The molecular formula is C13H22N2O2. The molecule has 96 valence electrons. The quantitative estimate of drug-likeness (QED) is 0.664. The lowest BCUT2D eigenvalue weighted by Gasteiger charge is -2.27. The summed E-state index contributed by atoms with van der Waals surface area (Å²) in [6.45, 7) is 5.85. The highest BCUT2D eigenvalue weighted by Gasteiger charge is 2.41. The Balaban J connectivity index is 1.57. The molecule has 3 aliphatic heterocycles. The Morgan fingerprint density at radius 1 is 1.06 bits per heavy atom. The number of amides is 1. The van der Waals surface area contributed by atoms with E-state index in [-0.39, 0.29) is 5.92 Å². The van der Waals surface area contributed by atoms with Gasteiger partial charge in [-0.1, -0.05) is 0 Å². The Morgan fingerprint density at radius 3 is 2.24 bits per heavy atom. The number of fused-ring (bicyclic) bond motifs is 1. The number of nitrogens with zero attached hydrogens (tertiary/aromatic N) is 2. The molecule has 0 spiro atoms. The zero-order chi connectivity index (χ0) is 11.8. The van der Waals surface area contributed by atoms with Gasteiger partial charge in [0.1, 0.15) is 0 Å². The molecule has 0 saturated carbocycles. The Kier molecular flexibility index (Phi) is 3.09. The van der Waals surface area contributed by atoms with Crippen LogP contribution in [0, 0.1) is 17.8 Å². The van der Waals surface area contributed by atoms with Crippen LogP contribution in [0.2, 0.25) is 0 Å². The molecule has 0 N–H and O–H groups in total. The maximum atomic E-state index is 12.4. The third-order valence-electron chi connectivity index (χ3n) is 4.55. The minimum atomic E-state index is 0.236. The van der Waals surface area contributed by atoms with Crippen molar-refractivity contribution in [1.29, 1.82) is 0 Å². The molecule has 0 aliphatic carbocycles. The molecule has 1 amide bonds. The third-order valence-corrected chi connectivity index (χ3v) is 4.55. The van der Waals surface area contributed by atoms with E-state index in [9.17, 15) is 4.79 Å². The van der Waals surface area contributed by atoms with Crippen molar-refractivity contribution in [1.82, 2.24) is 9.80 Å². The summed E-state index contributed by atoms with van der Waals surface area (Å²) in [6, 6.07) is 0. The van der Waals surface area contributed by atoms with Gasteiger partial charge in [0.15, 0.2) is 0 Å². The first-order chi connectivity index (χ1) is 8.24. The van der Waals surface area contributed by atoms with Crippen LogP contribution in [-0.4, -0.2) is 62.1 Å². The number of ether oxygens (including phenoxy) is 1.